The Morgan fingerprint density at radius 1 is 1.54 bits per heavy atom. The molecule has 1 N–H and O–H groups in total. The zero-order valence-electron chi connectivity index (χ0n) is 7.29. The molecular weight excluding hydrogens is 169 g/mol. The van der Waals surface area contributed by atoms with Crippen LogP contribution in [0.3, 0.4) is 0 Å². The first kappa shape index (κ1) is 8.23. The van der Waals surface area contributed by atoms with Crippen LogP contribution in [0.5, 0.6) is 0 Å². The summed E-state index contributed by atoms with van der Waals surface area (Å²) in [5.74, 6) is -0.0973. The smallest absolute Gasteiger partial charge is 0.127 e. The first-order valence-corrected chi connectivity index (χ1v) is 4.23. The van der Waals surface area contributed by atoms with E-state index in [4.69, 9.17) is 5.21 Å². The van der Waals surface area contributed by atoms with Crippen LogP contribution in [-0.2, 0) is 6.42 Å². The molecule has 68 valence electrons. The van der Waals surface area contributed by atoms with E-state index < -0.39 is 0 Å². The number of hydrogen-bond acceptors (Lipinski definition) is 2. The quantitative estimate of drug-likeness (QED) is 0.480. The van der Waals surface area contributed by atoms with Gasteiger partial charge in [-0.1, -0.05) is 24.2 Å². The van der Waals surface area contributed by atoms with E-state index in [9.17, 15) is 4.39 Å². The first-order chi connectivity index (χ1) is 6.24. The number of rotatable bonds is 0. The van der Waals surface area contributed by atoms with Crippen LogP contribution in [0.15, 0.2) is 23.4 Å². The molecule has 1 atom stereocenters. The lowest BCUT2D eigenvalue weighted by molar-refractivity contribution is 0.316. The van der Waals surface area contributed by atoms with Crippen LogP contribution in [0.1, 0.15) is 18.1 Å². The van der Waals surface area contributed by atoms with Gasteiger partial charge in [0.1, 0.15) is 5.82 Å². The van der Waals surface area contributed by atoms with Gasteiger partial charge in [0.05, 0.1) is 5.71 Å². The van der Waals surface area contributed by atoms with Gasteiger partial charge in [0.15, 0.2) is 0 Å². The molecule has 1 aliphatic carbocycles. The Morgan fingerprint density at radius 3 is 3.00 bits per heavy atom. The van der Waals surface area contributed by atoms with Crippen LogP contribution < -0.4 is 0 Å². The van der Waals surface area contributed by atoms with Crippen molar-refractivity contribution < 1.29 is 9.60 Å². The van der Waals surface area contributed by atoms with E-state index in [2.05, 4.69) is 5.16 Å². The molecule has 1 unspecified atom stereocenters. The molecule has 0 saturated carbocycles. The van der Waals surface area contributed by atoms with Crippen molar-refractivity contribution in [3.05, 3.63) is 35.1 Å². The molecule has 0 saturated heterocycles. The molecule has 3 heteroatoms. The van der Waals surface area contributed by atoms with Gasteiger partial charge in [0.2, 0.25) is 0 Å². The van der Waals surface area contributed by atoms with Crippen LogP contribution >= 0.6 is 0 Å². The number of nitrogens with zero attached hydrogens (tertiary/aromatic N) is 1. The second-order valence-corrected chi connectivity index (χ2v) is 3.36. The summed E-state index contributed by atoms with van der Waals surface area (Å²) in [6.07, 6.45) is 0.626. The van der Waals surface area contributed by atoms with Crippen LogP contribution in [-0.4, -0.2) is 10.9 Å². The molecule has 0 aromatic heterocycles. The maximum absolute atomic E-state index is 13.2. The van der Waals surface area contributed by atoms with Gasteiger partial charge in [-0.05, 0) is 18.1 Å². The summed E-state index contributed by atoms with van der Waals surface area (Å²) in [4.78, 5) is 0. The minimum Gasteiger partial charge on any atom is -0.411 e. The molecule has 1 aromatic rings. The summed E-state index contributed by atoms with van der Waals surface area (Å²) in [7, 11) is 0. The maximum Gasteiger partial charge on any atom is 0.127 e. The van der Waals surface area contributed by atoms with Crippen LogP contribution in [0.25, 0.3) is 0 Å². The molecule has 0 fully saturated rings. The van der Waals surface area contributed by atoms with Crippen molar-refractivity contribution in [2.24, 2.45) is 11.1 Å². The summed E-state index contributed by atoms with van der Waals surface area (Å²) in [5, 5.41) is 11.9. The molecule has 0 spiro atoms. The highest BCUT2D eigenvalue weighted by atomic mass is 19.1. The minimum absolute atomic E-state index is 0.108. The lowest BCUT2D eigenvalue weighted by atomic mass is 10.1. The molecule has 0 aliphatic heterocycles. The Bertz CT molecular complexity index is 373. The van der Waals surface area contributed by atoms with Gasteiger partial charge >= 0.3 is 0 Å². The molecule has 2 nitrogen and oxygen atoms in total. The van der Waals surface area contributed by atoms with Gasteiger partial charge in [0.25, 0.3) is 0 Å². The summed E-state index contributed by atoms with van der Waals surface area (Å²) in [5.41, 5.74) is 2.01. The Labute approximate surface area is 75.7 Å². The fourth-order valence-corrected chi connectivity index (χ4v) is 1.83. The average molecular weight is 179 g/mol. The molecule has 2 rings (SSSR count). The second-order valence-electron chi connectivity index (χ2n) is 3.36. The summed E-state index contributed by atoms with van der Waals surface area (Å²) in [6.45, 7) is 1.93. The van der Waals surface area contributed by atoms with Gasteiger partial charge in [-0.2, -0.15) is 0 Å². The Hall–Kier alpha value is -1.38. The Kier molecular flexibility index (Phi) is 1.79. The molecule has 13 heavy (non-hydrogen) atoms. The van der Waals surface area contributed by atoms with E-state index in [1.54, 1.807) is 12.1 Å². The fraction of sp³-hybridized carbons (Fsp3) is 0.300. The molecule has 0 heterocycles. The SMILES string of the molecule is CC1Cc2c(F)cccc2/C1=N/O. The van der Waals surface area contributed by atoms with Crippen molar-refractivity contribution in [1.82, 2.24) is 0 Å². The topological polar surface area (TPSA) is 32.6 Å². The van der Waals surface area contributed by atoms with E-state index in [1.807, 2.05) is 6.92 Å². The van der Waals surface area contributed by atoms with Gasteiger partial charge < -0.3 is 5.21 Å². The zero-order chi connectivity index (χ0) is 9.42. The third kappa shape index (κ3) is 1.11. The molecule has 0 bridgehead atoms. The number of benzene rings is 1. The van der Waals surface area contributed by atoms with Crippen LogP contribution in [0.4, 0.5) is 4.39 Å². The molecule has 1 aliphatic rings. The largest absolute Gasteiger partial charge is 0.411 e. The van der Waals surface area contributed by atoms with Crippen molar-refractivity contribution in [2.45, 2.75) is 13.3 Å². The maximum atomic E-state index is 13.2. The zero-order valence-corrected chi connectivity index (χ0v) is 7.29. The summed E-state index contributed by atoms with van der Waals surface area (Å²) < 4.78 is 13.2. The lowest BCUT2D eigenvalue weighted by Crippen LogP contribution is -2.05. The summed E-state index contributed by atoms with van der Waals surface area (Å²) >= 11 is 0. The van der Waals surface area contributed by atoms with Crippen molar-refractivity contribution >= 4 is 5.71 Å². The minimum atomic E-state index is -0.206. The monoisotopic (exact) mass is 179 g/mol. The lowest BCUT2D eigenvalue weighted by Gasteiger charge is -1.99. The predicted molar refractivity (Wildman–Crippen MR) is 47.6 cm³/mol. The van der Waals surface area contributed by atoms with Crippen molar-refractivity contribution in [2.75, 3.05) is 0 Å². The highest BCUT2D eigenvalue weighted by molar-refractivity contribution is 6.05. The molecule has 0 radical (unpaired) electrons. The highest BCUT2D eigenvalue weighted by Crippen LogP contribution is 2.28. The normalized spacial score (nSPS) is 23.5. The van der Waals surface area contributed by atoms with Crippen LogP contribution in [0.2, 0.25) is 0 Å². The first-order valence-electron chi connectivity index (χ1n) is 4.23. The number of halogens is 1. The van der Waals surface area contributed by atoms with E-state index in [-0.39, 0.29) is 11.7 Å². The van der Waals surface area contributed by atoms with Gasteiger partial charge in [-0.25, -0.2) is 4.39 Å². The van der Waals surface area contributed by atoms with Gasteiger partial charge in [0, 0.05) is 11.5 Å². The van der Waals surface area contributed by atoms with E-state index in [1.165, 1.54) is 6.07 Å². The predicted octanol–water partition coefficient (Wildman–Crippen LogP) is 2.20. The van der Waals surface area contributed by atoms with Crippen molar-refractivity contribution in [3.8, 4) is 0 Å². The van der Waals surface area contributed by atoms with Crippen molar-refractivity contribution in [3.63, 3.8) is 0 Å². The summed E-state index contributed by atoms with van der Waals surface area (Å²) in [6, 6.07) is 4.86. The van der Waals surface area contributed by atoms with E-state index in [0.717, 1.165) is 5.56 Å². The fourth-order valence-electron chi connectivity index (χ4n) is 1.83. The third-order valence-electron chi connectivity index (χ3n) is 2.48. The van der Waals surface area contributed by atoms with Crippen molar-refractivity contribution in [1.29, 1.82) is 0 Å². The number of fused-ring (bicyclic) bond motifs is 1. The second kappa shape index (κ2) is 2.83. The Morgan fingerprint density at radius 2 is 2.31 bits per heavy atom. The van der Waals surface area contributed by atoms with E-state index >= 15 is 0 Å². The molecule has 0 amide bonds. The van der Waals surface area contributed by atoms with Gasteiger partial charge in [-0.3, -0.25) is 0 Å². The number of oxime groups is 1. The van der Waals surface area contributed by atoms with Gasteiger partial charge in [-0.15, -0.1) is 0 Å². The number of hydrogen-bond donors (Lipinski definition) is 1. The molecular formula is C10H10FNO. The van der Waals surface area contributed by atoms with E-state index in [0.29, 0.717) is 17.7 Å². The average Bonchev–Trinajstić information content (AvgIpc) is 2.43. The molecule has 1 aromatic carbocycles. The Balaban J connectivity index is 2.61. The standard InChI is InChI=1S/C10H10FNO/c1-6-5-8-7(10(6)12-13)3-2-4-9(8)11/h2-4,6,13H,5H2,1H3/b12-10+. The highest BCUT2D eigenvalue weighted by Gasteiger charge is 2.27. The third-order valence-corrected chi connectivity index (χ3v) is 2.48. The van der Waals surface area contributed by atoms with Crippen LogP contribution in [0, 0.1) is 11.7 Å².